The molecule has 3 rings (SSSR count). The predicted octanol–water partition coefficient (Wildman–Crippen LogP) is 8.20. The minimum Gasteiger partial charge on any atom is -0.506 e. The predicted molar refractivity (Wildman–Crippen MR) is 148 cm³/mol. The Morgan fingerprint density at radius 2 is 1.08 bits per heavy atom. The molecule has 0 bridgehead atoms. The van der Waals surface area contributed by atoms with Gasteiger partial charge in [-0.3, -0.25) is 4.90 Å². The average Bonchev–Trinajstić information content (AvgIpc) is 2.79. The van der Waals surface area contributed by atoms with Crippen LogP contribution in [-0.2, 0) is 19.6 Å². The first-order chi connectivity index (χ1) is 17.0. The van der Waals surface area contributed by atoms with Gasteiger partial charge in [0.1, 0.15) is 30.0 Å². The Bertz CT molecular complexity index is 1180. The molecule has 1 atom stereocenters. The maximum atomic E-state index is 10.5. The second-order valence-electron chi connectivity index (χ2n) is 7.93. The number of benzene rings is 3. The highest BCUT2D eigenvalue weighted by Crippen LogP contribution is 2.38. The van der Waals surface area contributed by atoms with Crippen LogP contribution in [0.25, 0.3) is 0 Å². The molecule has 5 nitrogen and oxygen atoms in total. The van der Waals surface area contributed by atoms with Gasteiger partial charge in [-0.05, 0) is 36.4 Å². The van der Waals surface area contributed by atoms with E-state index in [0.29, 0.717) is 37.5 Å². The van der Waals surface area contributed by atoms with Crippen LogP contribution in [0.4, 0.5) is 0 Å². The molecular formula is C24H20Cl7NO4. The Morgan fingerprint density at radius 3 is 1.56 bits per heavy atom. The van der Waals surface area contributed by atoms with Gasteiger partial charge in [-0.2, -0.15) is 0 Å². The fourth-order valence-electron chi connectivity index (χ4n) is 3.49. The van der Waals surface area contributed by atoms with Gasteiger partial charge in [0.2, 0.25) is 0 Å². The van der Waals surface area contributed by atoms with Crippen LogP contribution in [-0.4, -0.2) is 38.8 Å². The summed E-state index contributed by atoms with van der Waals surface area (Å²) in [5, 5.41) is 32.4. The number of hydrogen-bond donors (Lipinski definition) is 3. The number of halogens is 7. The van der Waals surface area contributed by atoms with E-state index in [1.807, 2.05) is 4.90 Å². The first-order valence-corrected chi connectivity index (χ1v) is 13.2. The van der Waals surface area contributed by atoms with Gasteiger partial charge in [0, 0.05) is 51.4 Å². The lowest BCUT2D eigenvalue weighted by atomic mass is 10.1. The third-order valence-corrected chi connectivity index (χ3v) is 6.95. The second kappa shape index (κ2) is 13.2. The van der Waals surface area contributed by atoms with E-state index >= 15 is 0 Å². The molecule has 194 valence electrons. The molecule has 0 aromatic heterocycles. The maximum absolute atomic E-state index is 10.5. The summed E-state index contributed by atoms with van der Waals surface area (Å²) in [6.07, 6.45) is -0.904. The van der Waals surface area contributed by atoms with Crippen LogP contribution in [0.3, 0.4) is 0 Å². The van der Waals surface area contributed by atoms with Crippen LogP contribution in [0.5, 0.6) is 17.2 Å². The van der Waals surface area contributed by atoms with Gasteiger partial charge < -0.3 is 20.1 Å². The molecule has 0 aliphatic carbocycles. The fourth-order valence-corrected chi connectivity index (χ4v) is 5.24. The summed E-state index contributed by atoms with van der Waals surface area (Å²) in [5.41, 5.74) is 1.45. The molecule has 12 heteroatoms. The van der Waals surface area contributed by atoms with Gasteiger partial charge >= 0.3 is 0 Å². The number of aliphatic hydroxyl groups excluding tert-OH is 1. The number of aromatic hydroxyl groups is 2. The van der Waals surface area contributed by atoms with Crippen molar-refractivity contribution in [2.24, 2.45) is 0 Å². The molecule has 36 heavy (non-hydrogen) atoms. The van der Waals surface area contributed by atoms with Gasteiger partial charge in [0.25, 0.3) is 0 Å². The Balaban J connectivity index is 2.03. The molecule has 0 unspecified atom stereocenters. The highest BCUT2D eigenvalue weighted by atomic mass is 35.5. The molecule has 0 aliphatic rings. The molecule has 0 saturated carbocycles. The van der Waals surface area contributed by atoms with Crippen molar-refractivity contribution in [2.75, 3.05) is 12.5 Å². The van der Waals surface area contributed by atoms with E-state index in [2.05, 4.69) is 0 Å². The largest absolute Gasteiger partial charge is 0.506 e. The van der Waals surface area contributed by atoms with Gasteiger partial charge in [-0.1, -0.05) is 69.6 Å². The van der Waals surface area contributed by atoms with Crippen molar-refractivity contribution < 1.29 is 20.1 Å². The number of hydrogen-bond acceptors (Lipinski definition) is 5. The zero-order valence-electron chi connectivity index (χ0n) is 18.4. The van der Waals surface area contributed by atoms with Crippen LogP contribution in [0.15, 0.2) is 36.4 Å². The summed E-state index contributed by atoms with van der Waals surface area (Å²) in [5.74, 6) is 0.0171. The number of aliphatic hydroxyl groups is 1. The standard InChI is InChI=1S/C24H20Cl7NO4/c25-7-18(33)11-36-24-14(3-17(28)6-21(24)31)10-32(8-12-1-15(26)4-19(29)22(12)34)9-13-2-16(27)5-20(30)23(13)35/h1-6,18,33-35H,7-11H2/t18-/m0/s1. The monoisotopic (exact) mass is 631 g/mol. The van der Waals surface area contributed by atoms with Crippen LogP contribution in [0, 0.1) is 0 Å². The van der Waals surface area contributed by atoms with Crippen LogP contribution in [0.2, 0.25) is 30.1 Å². The number of phenolic OH excluding ortho intramolecular Hbond substituents is 2. The highest BCUT2D eigenvalue weighted by Gasteiger charge is 2.20. The molecule has 0 amide bonds. The zero-order valence-corrected chi connectivity index (χ0v) is 23.7. The number of nitrogens with zero attached hydrogens (tertiary/aromatic N) is 1. The lowest BCUT2D eigenvalue weighted by molar-refractivity contribution is 0.123. The Labute approximate surface area is 243 Å². The lowest BCUT2D eigenvalue weighted by Gasteiger charge is -2.26. The van der Waals surface area contributed by atoms with Crippen molar-refractivity contribution in [1.29, 1.82) is 0 Å². The molecule has 0 saturated heterocycles. The van der Waals surface area contributed by atoms with E-state index in [1.165, 1.54) is 18.2 Å². The van der Waals surface area contributed by atoms with Crippen molar-refractivity contribution in [2.45, 2.75) is 25.7 Å². The van der Waals surface area contributed by atoms with E-state index < -0.39 is 6.10 Å². The Kier molecular flexibility index (Phi) is 10.8. The lowest BCUT2D eigenvalue weighted by Crippen LogP contribution is -2.24. The van der Waals surface area contributed by atoms with E-state index in [4.69, 9.17) is 85.9 Å². The number of alkyl halides is 1. The molecule has 3 aromatic carbocycles. The van der Waals surface area contributed by atoms with Crippen molar-refractivity contribution in [3.8, 4) is 17.2 Å². The topological polar surface area (TPSA) is 73.2 Å². The summed E-state index contributed by atoms with van der Waals surface area (Å²) in [6.45, 7) is 0.375. The Hall–Kier alpha value is -0.990. The second-order valence-corrected chi connectivity index (χ2v) is 10.8. The Morgan fingerprint density at radius 1 is 0.667 bits per heavy atom. The van der Waals surface area contributed by atoms with Crippen LogP contribution >= 0.6 is 81.2 Å². The van der Waals surface area contributed by atoms with Gasteiger partial charge in [-0.15, -0.1) is 11.6 Å². The number of rotatable bonds is 10. The molecule has 3 N–H and O–H groups in total. The first kappa shape index (κ1) is 29.6. The summed E-state index contributed by atoms with van der Waals surface area (Å²) in [7, 11) is 0. The normalized spacial score (nSPS) is 12.2. The molecular weight excluding hydrogens is 614 g/mol. The highest BCUT2D eigenvalue weighted by molar-refractivity contribution is 6.36. The van der Waals surface area contributed by atoms with Crippen LogP contribution < -0.4 is 4.74 Å². The van der Waals surface area contributed by atoms with Crippen LogP contribution in [0.1, 0.15) is 16.7 Å². The quantitative estimate of drug-likeness (QED) is 0.196. The average molecular weight is 635 g/mol. The minimum atomic E-state index is -0.904. The van der Waals surface area contributed by atoms with E-state index in [9.17, 15) is 15.3 Å². The SMILES string of the molecule is Oc1c(Cl)cc(Cl)cc1CN(Cc1cc(Cl)cc(Cl)c1O)Cc1cc(Cl)cc(Cl)c1OC[C@@H](O)CCl. The van der Waals surface area contributed by atoms with Crippen molar-refractivity contribution >= 4 is 81.2 Å². The van der Waals surface area contributed by atoms with Crippen molar-refractivity contribution in [3.05, 3.63) is 83.2 Å². The maximum Gasteiger partial charge on any atom is 0.142 e. The van der Waals surface area contributed by atoms with Crippen molar-refractivity contribution in [1.82, 2.24) is 4.90 Å². The van der Waals surface area contributed by atoms with Gasteiger partial charge in [-0.25, -0.2) is 0 Å². The molecule has 0 heterocycles. The summed E-state index contributed by atoms with van der Waals surface area (Å²) >= 11 is 42.9. The smallest absolute Gasteiger partial charge is 0.142 e. The summed E-state index contributed by atoms with van der Waals surface area (Å²) in [6, 6.07) is 9.21. The zero-order chi connectivity index (χ0) is 26.6. The third-order valence-electron chi connectivity index (χ3n) is 5.08. The van der Waals surface area contributed by atoms with E-state index in [0.717, 1.165) is 0 Å². The van der Waals surface area contributed by atoms with E-state index in [-0.39, 0.29) is 58.7 Å². The molecule has 0 radical (unpaired) electrons. The molecule has 0 aliphatic heterocycles. The van der Waals surface area contributed by atoms with Gasteiger partial charge in [0.05, 0.1) is 20.9 Å². The van der Waals surface area contributed by atoms with Gasteiger partial charge in [0.15, 0.2) is 0 Å². The summed E-state index contributed by atoms with van der Waals surface area (Å²) < 4.78 is 5.77. The van der Waals surface area contributed by atoms with E-state index in [1.54, 1.807) is 18.2 Å². The first-order valence-electron chi connectivity index (χ1n) is 10.4. The molecule has 0 spiro atoms. The minimum absolute atomic E-state index is 0.0176. The number of ether oxygens (including phenoxy) is 1. The molecule has 3 aromatic rings. The third kappa shape index (κ3) is 7.76. The molecule has 0 fully saturated rings. The number of phenols is 2. The van der Waals surface area contributed by atoms with Crippen molar-refractivity contribution in [3.63, 3.8) is 0 Å². The summed E-state index contributed by atoms with van der Waals surface area (Å²) in [4.78, 5) is 1.84. The fraction of sp³-hybridized carbons (Fsp3) is 0.250.